The Morgan fingerprint density at radius 2 is 1.65 bits per heavy atom. The monoisotopic (exact) mass is 529 g/mol. The van der Waals surface area contributed by atoms with Crippen molar-refractivity contribution in [3.63, 3.8) is 0 Å². The molecule has 0 atom stereocenters. The highest BCUT2D eigenvalue weighted by Gasteiger charge is 2.16. The molecule has 0 saturated carbocycles. The van der Waals surface area contributed by atoms with Crippen molar-refractivity contribution in [3.05, 3.63) is 64.4 Å². The Bertz CT molecular complexity index is 1160. The van der Waals surface area contributed by atoms with Gasteiger partial charge in [0, 0.05) is 34.7 Å². The summed E-state index contributed by atoms with van der Waals surface area (Å²) >= 11 is 3.46. The number of carbonyl (C=O) groups is 1. The Balaban J connectivity index is 1.86. The van der Waals surface area contributed by atoms with Gasteiger partial charge in [0.2, 0.25) is 5.43 Å². The van der Waals surface area contributed by atoms with Crippen LogP contribution in [-0.4, -0.2) is 34.2 Å². The summed E-state index contributed by atoms with van der Waals surface area (Å²) in [5, 5.41) is 11.0. The SMILES string of the molecule is CCCOc1cccc(-n2cc(C(=O)O)c(=O)c3ccc(OCCCCCCCCBr)cc32)c1. The minimum absolute atomic E-state index is 0.277. The van der Waals surface area contributed by atoms with Crippen molar-refractivity contribution in [1.82, 2.24) is 4.57 Å². The van der Waals surface area contributed by atoms with Crippen LogP contribution in [-0.2, 0) is 0 Å². The molecule has 7 heteroatoms. The molecule has 0 saturated heterocycles. The molecule has 34 heavy (non-hydrogen) atoms. The van der Waals surface area contributed by atoms with Crippen molar-refractivity contribution < 1.29 is 19.4 Å². The molecule has 0 aliphatic heterocycles. The van der Waals surface area contributed by atoms with Crippen molar-refractivity contribution in [1.29, 1.82) is 0 Å². The standard InChI is InChI=1S/C27H32BrNO5/c1-2-15-33-21-11-9-10-20(17-21)29-19-24(27(31)32)26(30)23-13-12-22(18-25(23)29)34-16-8-6-4-3-5-7-14-28/h9-13,17-19H,2-8,14-16H2,1H3,(H,31,32). The topological polar surface area (TPSA) is 77.8 Å². The van der Waals surface area contributed by atoms with E-state index in [-0.39, 0.29) is 5.56 Å². The number of hydrogen-bond acceptors (Lipinski definition) is 4. The zero-order valence-corrected chi connectivity index (χ0v) is 21.2. The van der Waals surface area contributed by atoms with E-state index >= 15 is 0 Å². The lowest BCUT2D eigenvalue weighted by Gasteiger charge is -2.15. The summed E-state index contributed by atoms with van der Waals surface area (Å²) in [5.74, 6) is 0.0866. The number of hydrogen-bond donors (Lipinski definition) is 1. The molecule has 0 bridgehead atoms. The maximum Gasteiger partial charge on any atom is 0.341 e. The normalized spacial score (nSPS) is 11.0. The predicted molar refractivity (Wildman–Crippen MR) is 139 cm³/mol. The maximum atomic E-state index is 12.8. The van der Waals surface area contributed by atoms with Crippen molar-refractivity contribution in [3.8, 4) is 17.2 Å². The number of rotatable bonds is 14. The molecule has 2 aromatic carbocycles. The molecule has 1 heterocycles. The number of ether oxygens (including phenoxy) is 2. The van der Waals surface area contributed by atoms with Gasteiger partial charge < -0.3 is 19.1 Å². The Hall–Kier alpha value is -2.80. The van der Waals surface area contributed by atoms with E-state index in [4.69, 9.17) is 9.47 Å². The van der Waals surface area contributed by atoms with Crippen LogP contribution < -0.4 is 14.9 Å². The van der Waals surface area contributed by atoms with Gasteiger partial charge in [-0.25, -0.2) is 4.79 Å². The largest absolute Gasteiger partial charge is 0.494 e. The smallest absolute Gasteiger partial charge is 0.341 e. The van der Waals surface area contributed by atoms with E-state index < -0.39 is 11.4 Å². The van der Waals surface area contributed by atoms with E-state index in [0.29, 0.717) is 41.3 Å². The van der Waals surface area contributed by atoms with Gasteiger partial charge in [-0.1, -0.05) is 54.6 Å². The minimum atomic E-state index is -1.25. The second kappa shape index (κ2) is 13.2. The van der Waals surface area contributed by atoms with Gasteiger partial charge in [0.1, 0.15) is 17.1 Å². The number of alkyl halides is 1. The number of unbranched alkanes of at least 4 members (excludes halogenated alkanes) is 5. The number of pyridine rings is 1. The third kappa shape index (κ3) is 6.86. The first-order chi connectivity index (χ1) is 16.5. The van der Waals surface area contributed by atoms with E-state index in [1.54, 1.807) is 22.8 Å². The molecule has 0 aliphatic carbocycles. The van der Waals surface area contributed by atoms with Crippen LogP contribution in [0.4, 0.5) is 0 Å². The molecule has 0 radical (unpaired) electrons. The zero-order chi connectivity index (χ0) is 24.3. The molecule has 6 nitrogen and oxygen atoms in total. The second-order valence-corrected chi connectivity index (χ2v) is 9.02. The summed E-state index contributed by atoms with van der Waals surface area (Å²) in [5.41, 5.74) is 0.518. The number of carboxylic acid groups (broad SMARTS) is 1. The van der Waals surface area contributed by atoms with E-state index in [1.165, 1.54) is 31.9 Å². The highest BCUT2D eigenvalue weighted by atomic mass is 79.9. The van der Waals surface area contributed by atoms with Crippen LogP contribution in [0.5, 0.6) is 11.5 Å². The van der Waals surface area contributed by atoms with E-state index in [0.717, 1.165) is 24.6 Å². The van der Waals surface area contributed by atoms with Gasteiger partial charge in [0.15, 0.2) is 0 Å². The van der Waals surface area contributed by atoms with Gasteiger partial charge in [0.05, 0.1) is 18.7 Å². The third-order valence-electron chi connectivity index (χ3n) is 5.57. The number of benzene rings is 2. The molecule has 0 spiro atoms. The van der Waals surface area contributed by atoms with Crippen molar-refractivity contribution in [2.45, 2.75) is 51.9 Å². The molecule has 0 amide bonds. The summed E-state index contributed by atoms with van der Waals surface area (Å²) in [4.78, 5) is 24.6. The zero-order valence-electron chi connectivity index (χ0n) is 19.6. The van der Waals surface area contributed by atoms with Crippen LogP contribution in [0.1, 0.15) is 62.2 Å². The average molecular weight is 530 g/mol. The van der Waals surface area contributed by atoms with E-state index in [9.17, 15) is 14.7 Å². The summed E-state index contributed by atoms with van der Waals surface area (Å²) in [7, 11) is 0. The van der Waals surface area contributed by atoms with Gasteiger partial charge in [-0.05, 0) is 43.5 Å². The first kappa shape index (κ1) is 25.8. The van der Waals surface area contributed by atoms with Crippen LogP contribution in [0.15, 0.2) is 53.5 Å². The third-order valence-corrected chi connectivity index (χ3v) is 6.13. The predicted octanol–water partition coefficient (Wildman–Crippen LogP) is 6.59. The average Bonchev–Trinajstić information content (AvgIpc) is 2.84. The fraction of sp³-hybridized carbons (Fsp3) is 0.407. The highest BCUT2D eigenvalue weighted by Crippen LogP contribution is 2.25. The first-order valence-electron chi connectivity index (χ1n) is 11.9. The van der Waals surface area contributed by atoms with Gasteiger partial charge in [0.25, 0.3) is 0 Å². The Morgan fingerprint density at radius 3 is 2.38 bits per heavy atom. The maximum absolute atomic E-state index is 12.8. The summed E-state index contributed by atoms with van der Waals surface area (Å²) in [6.07, 6.45) is 9.24. The summed E-state index contributed by atoms with van der Waals surface area (Å²) < 4.78 is 13.4. The Morgan fingerprint density at radius 1 is 0.941 bits per heavy atom. The van der Waals surface area contributed by atoms with Crippen LogP contribution in [0.25, 0.3) is 16.6 Å². The van der Waals surface area contributed by atoms with Crippen LogP contribution >= 0.6 is 15.9 Å². The van der Waals surface area contributed by atoms with Crippen molar-refractivity contribution >= 4 is 32.8 Å². The number of aromatic nitrogens is 1. The molecular weight excluding hydrogens is 498 g/mol. The van der Waals surface area contributed by atoms with Crippen molar-refractivity contribution in [2.75, 3.05) is 18.5 Å². The van der Waals surface area contributed by atoms with Gasteiger partial charge in [-0.3, -0.25) is 4.79 Å². The number of fused-ring (bicyclic) bond motifs is 1. The molecular formula is C27H32BrNO5. The quantitative estimate of drug-likeness (QED) is 0.188. The fourth-order valence-corrected chi connectivity index (χ4v) is 4.19. The summed E-state index contributed by atoms with van der Waals surface area (Å²) in [6, 6.07) is 12.6. The van der Waals surface area contributed by atoms with Crippen molar-refractivity contribution in [2.24, 2.45) is 0 Å². The lowest BCUT2D eigenvalue weighted by molar-refractivity contribution is 0.0695. The number of nitrogens with zero attached hydrogens (tertiary/aromatic N) is 1. The van der Waals surface area contributed by atoms with Gasteiger partial charge in [-0.15, -0.1) is 0 Å². The number of aromatic carboxylic acids is 1. The first-order valence-corrected chi connectivity index (χ1v) is 13.0. The Kier molecular flexibility index (Phi) is 10.0. The minimum Gasteiger partial charge on any atom is -0.494 e. The molecule has 0 fully saturated rings. The second-order valence-electron chi connectivity index (χ2n) is 8.23. The van der Waals surface area contributed by atoms with Crippen LogP contribution in [0.2, 0.25) is 0 Å². The van der Waals surface area contributed by atoms with Gasteiger partial charge in [-0.2, -0.15) is 0 Å². The molecule has 3 aromatic rings. The van der Waals surface area contributed by atoms with Gasteiger partial charge >= 0.3 is 5.97 Å². The summed E-state index contributed by atoms with van der Waals surface area (Å²) in [6.45, 7) is 3.22. The fourth-order valence-electron chi connectivity index (χ4n) is 3.80. The highest BCUT2D eigenvalue weighted by molar-refractivity contribution is 9.09. The lowest BCUT2D eigenvalue weighted by Crippen LogP contribution is -2.18. The van der Waals surface area contributed by atoms with Crippen LogP contribution in [0, 0.1) is 0 Å². The molecule has 0 aliphatic rings. The molecule has 1 N–H and O–H groups in total. The van der Waals surface area contributed by atoms with Crippen LogP contribution in [0.3, 0.4) is 0 Å². The van der Waals surface area contributed by atoms with E-state index in [2.05, 4.69) is 15.9 Å². The number of carboxylic acids is 1. The molecule has 3 rings (SSSR count). The molecule has 0 unspecified atom stereocenters. The molecule has 182 valence electrons. The Labute approximate surface area is 208 Å². The lowest BCUT2D eigenvalue weighted by atomic mass is 10.1. The molecule has 1 aromatic heterocycles. The number of halogens is 1. The van der Waals surface area contributed by atoms with E-state index in [1.807, 2.05) is 31.2 Å².